The summed E-state index contributed by atoms with van der Waals surface area (Å²) in [4.78, 5) is 23.0. The Morgan fingerprint density at radius 3 is 2.89 bits per heavy atom. The maximum absolute atomic E-state index is 12.1. The van der Waals surface area contributed by atoms with Crippen molar-refractivity contribution in [2.24, 2.45) is 5.92 Å². The van der Waals surface area contributed by atoms with Crippen molar-refractivity contribution in [2.45, 2.75) is 25.8 Å². The highest BCUT2D eigenvalue weighted by atomic mass is 16.4. The molecule has 1 aliphatic heterocycles. The van der Waals surface area contributed by atoms with Gasteiger partial charge in [-0.1, -0.05) is 13.0 Å². The number of carbonyl (C=O) groups excluding carboxylic acids is 1. The number of anilines is 1. The molecule has 0 bridgehead atoms. The first kappa shape index (κ1) is 13.5. The first-order chi connectivity index (χ1) is 9.08. The van der Waals surface area contributed by atoms with Gasteiger partial charge in [-0.05, 0) is 43.5 Å². The number of benzene rings is 1. The molecule has 5 heteroatoms. The molecule has 0 aromatic heterocycles. The maximum atomic E-state index is 12.1. The van der Waals surface area contributed by atoms with Crippen molar-refractivity contribution in [3.8, 4) is 0 Å². The molecule has 0 spiro atoms. The molecular weight excluding hydrogens is 244 g/mol. The third-order valence-corrected chi connectivity index (χ3v) is 3.43. The summed E-state index contributed by atoms with van der Waals surface area (Å²) in [6.45, 7) is 2.89. The van der Waals surface area contributed by atoms with E-state index in [4.69, 9.17) is 5.11 Å². The zero-order valence-electron chi connectivity index (χ0n) is 10.8. The highest BCUT2D eigenvalue weighted by Gasteiger charge is 2.27. The van der Waals surface area contributed by atoms with Gasteiger partial charge in [0.25, 0.3) is 0 Å². The third kappa shape index (κ3) is 3.32. The van der Waals surface area contributed by atoms with Crippen molar-refractivity contribution in [3.63, 3.8) is 0 Å². The van der Waals surface area contributed by atoms with Gasteiger partial charge in [-0.25, -0.2) is 4.79 Å². The van der Waals surface area contributed by atoms with Crippen molar-refractivity contribution in [1.29, 1.82) is 0 Å². The zero-order valence-corrected chi connectivity index (χ0v) is 10.8. The Kier molecular flexibility index (Phi) is 4.16. The number of aromatic carboxylic acids is 1. The molecule has 0 radical (unpaired) electrons. The summed E-state index contributed by atoms with van der Waals surface area (Å²) >= 11 is 0. The van der Waals surface area contributed by atoms with E-state index in [-0.39, 0.29) is 23.4 Å². The number of nitrogens with one attached hydrogen (secondary N) is 2. The standard InChI is InChI=1S/C14H18N2O3/c1-9-4-3-7-15-12(9)13(17)16-11-6-2-5-10(8-11)14(18)19/h2,5-6,8-9,12,15H,3-4,7H2,1H3,(H,16,17)(H,18,19). The minimum Gasteiger partial charge on any atom is -0.478 e. The Morgan fingerprint density at radius 1 is 1.42 bits per heavy atom. The van der Waals surface area contributed by atoms with Gasteiger partial charge >= 0.3 is 5.97 Å². The van der Waals surface area contributed by atoms with Gasteiger partial charge in [0.05, 0.1) is 11.6 Å². The molecule has 1 aliphatic rings. The number of carbonyl (C=O) groups is 2. The van der Waals surface area contributed by atoms with Crippen LogP contribution in [-0.4, -0.2) is 29.6 Å². The summed E-state index contributed by atoms with van der Waals surface area (Å²) in [7, 11) is 0. The van der Waals surface area contributed by atoms with E-state index in [9.17, 15) is 9.59 Å². The molecule has 2 rings (SSSR count). The molecule has 3 N–H and O–H groups in total. The van der Waals surface area contributed by atoms with Crippen molar-refractivity contribution >= 4 is 17.6 Å². The van der Waals surface area contributed by atoms with E-state index in [2.05, 4.69) is 10.6 Å². The molecule has 19 heavy (non-hydrogen) atoms. The van der Waals surface area contributed by atoms with Gasteiger partial charge in [0.1, 0.15) is 0 Å². The molecule has 1 saturated heterocycles. The van der Waals surface area contributed by atoms with Gasteiger partial charge in [-0.3, -0.25) is 4.79 Å². The van der Waals surface area contributed by atoms with Crippen molar-refractivity contribution in [3.05, 3.63) is 29.8 Å². The first-order valence-corrected chi connectivity index (χ1v) is 6.45. The Morgan fingerprint density at radius 2 is 2.21 bits per heavy atom. The second-order valence-electron chi connectivity index (χ2n) is 4.93. The Balaban J connectivity index is 2.06. The third-order valence-electron chi connectivity index (χ3n) is 3.43. The number of amides is 1. The summed E-state index contributed by atoms with van der Waals surface area (Å²) in [5.74, 6) is -0.814. The van der Waals surface area contributed by atoms with Gasteiger partial charge in [0.2, 0.25) is 5.91 Å². The van der Waals surface area contributed by atoms with Crippen LogP contribution >= 0.6 is 0 Å². The van der Waals surface area contributed by atoms with Crippen LogP contribution in [0.15, 0.2) is 24.3 Å². The Bertz CT molecular complexity index is 487. The van der Waals surface area contributed by atoms with Crippen LogP contribution in [0.2, 0.25) is 0 Å². The molecule has 1 aromatic rings. The molecule has 1 heterocycles. The minimum atomic E-state index is -1.000. The van der Waals surface area contributed by atoms with Gasteiger partial charge in [0.15, 0.2) is 0 Å². The minimum absolute atomic E-state index is 0.102. The van der Waals surface area contributed by atoms with Crippen LogP contribution in [0.1, 0.15) is 30.1 Å². The maximum Gasteiger partial charge on any atom is 0.335 e. The Labute approximate surface area is 112 Å². The lowest BCUT2D eigenvalue weighted by Crippen LogP contribution is -2.48. The van der Waals surface area contributed by atoms with E-state index >= 15 is 0 Å². The fourth-order valence-corrected chi connectivity index (χ4v) is 2.35. The van der Waals surface area contributed by atoms with Crippen LogP contribution in [0, 0.1) is 5.92 Å². The fraction of sp³-hybridized carbons (Fsp3) is 0.429. The van der Waals surface area contributed by atoms with E-state index < -0.39 is 5.97 Å². The van der Waals surface area contributed by atoms with Crippen LogP contribution in [0.5, 0.6) is 0 Å². The van der Waals surface area contributed by atoms with Crippen LogP contribution in [-0.2, 0) is 4.79 Å². The second-order valence-corrected chi connectivity index (χ2v) is 4.93. The smallest absolute Gasteiger partial charge is 0.335 e. The molecule has 1 aromatic carbocycles. The van der Waals surface area contributed by atoms with Crippen LogP contribution < -0.4 is 10.6 Å². The summed E-state index contributed by atoms with van der Waals surface area (Å²) in [5.41, 5.74) is 0.687. The normalized spacial score (nSPS) is 22.8. The van der Waals surface area contributed by atoms with Gasteiger partial charge in [0, 0.05) is 5.69 Å². The molecule has 2 atom stereocenters. The van der Waals surface area contributed by atoms with Crippen molar-refractivity contribution in [2.75, 3.05) is 11.9 Å². The summed E-state index contributed by atoms with van der Waals surface area (Å²) in [5, 5.41) is 14.9. The van der Waals surface area contributed by atoms with Crippen molar-refractivity contribution < 1.29 is 14.7 Å². The van der Waals surface area contributed by atoms with Gasteiger partial charge in [-0.15, -0.1) is 0 Å². The molecule has 5 nitrogen and oxygen atoms in total. The van der Waals surface area contributed by atoms with Crippen molar-refractivity contribution in [1.82, 2.24) is 5.32 Å². The summed E-state index contributed by atoms with van der Waals surface area (Å²) in [6, 6.07) is 6.07. The zero-order chi connectivity index (χ0) is 13.8. The average Bonchev–Trinajstić information content (AvgIpc) is 2.39. The second kappa shape index (κ2) is 5.84. The molecular formula is C14H18N2O3. The van der Waals surface area contributed by atoms with Gasteiger partial charge < -0.3 is 15.7 Å². The molecule has 0 saturated carbocycles. The molecule has 1 fully saturated rings. The molecule has 0 aliphatic carbocycles. The lowest BCUT2D eigenvalue weighted by Gasteiger charge is -2.28. The number of piperidine rings is 1. The van der Waals surface area contributed by atoms with E-state index in [0.717, 1.165) is 19.4 Å². The lowest BCUT2D eigenvalue weighted by atomic mass is 9.92. The van der Waals surface area contributed by atoms with E-state index in [1.54, 1.807) is 12.1 Å². The van der Waals surface area contributed by atoms with E-state index in [1.165, 1.54) is 12.1 Å². The Hall–Kier alpha value is -1.88. The largest absolute Gasteiger partial charge is 0.478 e. The summed E-state index contributed by atoms with van der Waals surface area (Å²) < 4.78 is 0. The summed E-state index contributed by atoms with van der Waals surface area (Å²) in [6.07, 6.45) is 2.11. The van der Waals surface area contributed by atoms with Crippen LogP contribution in [0.25, 0.3) is 0 Å². The topological polar surface area (TPSA) is 78.4 Å². The molecule has 2 unspecified atom stereocenters. The highest BCUT2D eigenvalue weighted by Crippen LogP contribution is 2.18. The first-order valence-electron chi connectivity index (χ1n) is 6.45. The number of hydrogen-bond acceptors (Lipinski definition) is 3. The van der Waals surface area contributed by atoms with E-state index in [0.29, 0.717) is 5.69 Å². The number of carboxylic acid groups (broad SMARTS) is 1. The van der Waals surface area contributed by atoms with Crippen LogP contribution in [0.4, 0.5) is 5.69 Å². The van der Waals surface area contributed by atoms with Crippen LogP contribution in [0.3, 0.4) is 0 Å². The SMILES string of the molecule is CC1CCCNC1C(=O)Nc1cccc(C(=O)O)c1. The van der Waals surface area contributed by atoms with Gasteiger partial charge in [-0.2, -0.15) is 0 Å². The van der Waals surface area contributed by atoms with E-state index in [1.807, 2.05) is 6.92 Å². The number of hydrogen-bond donors (Lipinski definition) is 3. The molecule has 1 amide bonds. The number of carboxylic acids is 1. The fourth-order valence-electron chi connectivity index (χ4n) is 2.35. The quantitative estimate of drug-likeness (QED) is 0.775. The highest BCUT2D eigenvalue weighted by molar-refractivity contribution is 5.96. The molecule has 102 valence electrons. The predicted molar refractivity (Wildman–Crippen MR) is 72.2 cm³/mol. The monoisotopic (exact) mass is 262 g/mol. The lowest BCUT2D eigenvalue weighted by molar-refractivity contribution is -0.119. The number of rotatable bonds is 3. The predicted octanol–water partition coefficient (Wildman–Crippen LogP) is 1.71. The average molecular weight is 262 g/mol.